The van der Waals surface area contributed by atoms with Gasteiger partial charge in [0, 0.05) is 37.6 Å². The number of nitrogens with one attached hydrogen (secondary N) is 1. The first-order chi connectivity index (χ1) is 16.1. The van der Waals surface area contributed by atoms with Crippen molar-refractivity contribution in [2.24, 2.45) is 0 Å². The number of aromatic nitrogens is 2. The van der Waals surface area contributed by atoms with Crippen LogP contribution in [0.25, 0.3) is 20.7 Å². The second-order valence-corrected chi connectivity index (χ2v) is 9.60. The molecule has 0 bridgehead atoms. The maximum Gasteiger partial charge on any atom is 0.268 e. The number of benzene rings is 2. The summed E-state index contributed by atoms with van der Waals surface area (Å²) in [4.78, 5) is 26.4. The monoisotopic (exact) mass is 460 g/mol. The molecule has 2 aromatic heterocycles. The van der Waals surface area contributed by atoms with E-state index in [4.69, 9.17) is 9.72 Å². The largest absolute Gasteiger partial charge is 0.497 e. The Morgan fingerprint density at radius 2 is 1.70 bits per heavy atom. The summed E-state index contributed by atoms with van der Waals surface area (Å²) in [5, 5.41) is 0. The van der Waals surface area contributed by atoms with Gasteiger partial charge >= 0.3 is 0 Å². The Kier molecular flexibility index (Phi) is 6.26. The van der Waals surface area contributed by atoms with Crippen LogP contribution in [0.2, 0.25) is 0 Å². The van der Waals surface area contributed by atoms with Crippen LogP contribution in [-0.2, 0) is 13.1 Å². The highest BCUT2D eigenvalue weighted by molar-refractivity contribution is 7.22. The molecule has 0 atom stereocenters. The lowest BCUT2D eigenvalue weighted by atomic mass is 10.1. The van der Waals surface area contributed by atoms with Gasteiger partial charge in [0.15, 0.2) is 0 Å². The summed E-state index contributed by atoms with van der Waals surface area (Å²) < 4.78 is 5.91. The van der Waals surface area contributed by atoms with Gasteiger partial charge in [-0.25, -0.2) is 4.98 Å². The average Bonchev–Trinajstić information content (AvgIpc) is 3.27. The lowest BCUT2D eigenvalue weighted by Gasteiger charge is -2.34. The zero-order valence-electron chi connectivity index (χ0n) is 19.0. The van der Waals surface area contributed by atoms with E-state index in [1.165, 1.54) is 22.5 Å². The van der Waals surface area contributed by atoms with Crippen LogP contribution >= 0.6 is 11.3 Å². The summed E-state index contributed by atoms with van der Waals surface area (Å²) >= 11 is 1.48. The van der Waals surface area contributed by atoms with E-state index in [-0.39, 0.29) is 5.56 Å². The molecule has 4 aromatic rings. The number of methoxy groups -OCH3 is 1. The van der Waals surface area contributed by atoms with Crippen LogP contribution in [0, 0.1) is 6.92 Å². The van der Waals surface area contributed by atoms with Crippen molar-refractivity contribution in [2.45, 2.75) is 20.0 Å². The molecule has 170 valence electrons. The van der Waals surface area contributed by atoms with Crippen LogP contribution in [0.4, 0.5) is 0 Å². The number of rotatable bonds is 6. The smallest absolute Gasteiger partial charge is 0.268 e. The molecule has 1 N–H and O–H groups in total. The van der Waals surface area contributed by atoms with E-state index in [1.807, 2.05) is 30.3 Å². The van der Waals surface area contributed by atoms with Gasteiger partial charge in [-0.15, -0.1) is 11.3 Å². The highest BCUT2D eigenvalue weighted by Crippen LogP contribution is 2.31. The number of ether oxygens (including phenoxy) is 1. The normalized spacial score (nSPS) is 15.2. The lowest BCUT2D eigenvalue weighted by Crippen LogP contribution is -2.45. The van der Waals surface area contributed by atoms with Gasteiger partial charge in [0.25, 0.3) is 5.56 Å². The summed E-state index contributed by atoms with van der Waals surface area (Å²) in [6.45, 7) is 7.79. The van der Waals surface area contributed by atoms with Gasteiger partial charge in [-0.2, -0.15) is 0 Å². The molecule has 6 nitrogen and oxygen atoms in total. The number of H-pyrrole nitrogens is 1. The second kappa shape index (κ2) is 9.47. The zero-order valence-corrected chi connectivity index (χ0v) is 19.8. The molecule has 2 aromatic carbocycles. The molecule has 7 heteroatoms. The van der Waals surface area contributed by atoms with Crippen molar-refractivity contribution in [3.63, 3.8) is 0 Å². The van der Waals surface area contributed by atoms with E-state index in [0.717, 1.165) is 60.3 Å². The number of hydrogen-bond acceptors (Lipinski definition) is 6. The third-order valence-corrected chi connectivity index (χ3v) is 7.47. The summed E-state index contributed by atoms with van der Waals surface area (Å²) in [5.74, 6) is 1.55. The molecular weight excluding hydrogens is 432 g/mol. The van der Waals surface area contributed by atoms with Crippen molar-refractivity contribution in [2.75, 3.05) is 33.3 Å². The Balaban J connectivity index is 1.26. The molecule has 1 fully saturated rings. The van der Waals surface area contributed by atoms with Crippen LogP contribution in [-0.4, -0.2) is 53.1 Å². The minimum atomic E-state index is -0.0575. The molecule has 33 heavy (non-hydrogen) atoms. The first-order valence-corrected chi connectivity index (χ1v) is 12.1. The van der Waals surface area contributed by atoms with Crippen molar-refractivity contribution in [3.05, 3.63) is 81.9 Å². The average molecular weight is 461 g/mol. The topological polar surface area (TPSA) is 61.5 Å². The van der Waals surface area contributed by atoms with Crippen LogP contribution in [0.3, 0.4) is 0 Å². The third-order valence-electron chi connectivity index (χ3n) is 6.30. The first-order valence-electron chi connectivity index (χ1n) is 11.3. The van der Waals surface area contributed by atoms with Gasteiger partial charge in [0.2, 0.25) is 0 Å². The standard InChI is InChI=1S/C26H28N4O2S/c1-18-5-3-4-6-20(18)16-29-11-13-30(14-12-29)17-24-27-22-15-23(33-25(22)26(31)28-24)19-7-9-21(32-2)10-8-19/h3-10,15H,11-14,16-17H2,1-2H3,(H,27,28,31). The summed E-state index contributed by atoms with van der Waals surface area (Å²) in [6, 6.07) is 18.5. The van der Waals surface area contributed by atoms with Gasteiger partial charge in [-0.3, -0.25) is 14.6 Å². The fraction of sp³-hybridized carbons (Fsp3) is 0.308. The maximum atomic E-state index is 12.7. The number of aromatic amines is 1. The second-order valence-electron chi connectivity index (χ2n) is 8.54. The zero-order chi connectivity index (χ0) is 22.8. The van der Waals surface area contributed by atoms with E-state index in [0.29, 0.717) is 11.2 Å². The Bertz CT molecular complexity index is 1300. The molecule has 1 aliphatic rings. The molecule has 0 radical (unpaired) electrons. The van der Waals surface area contributed by atoms with Gasteiger partial charge in [-0.1, -0.05) is 24.3 Å². The molecule has 1 saturated heterocycles. The number of nitrogens with zero attached hydrogens (tertiary/aromatic N) is 3. The highest BCUT2D eigenvalue weighted by atomic mass is 32.1. The molecule has 0 aliphatic carbocycles. The Morgan fingerprint density at radius 1 is 1.00 bits per heavy atom. The molecule has 0 amide bonds. The summed E-state index contributed by atoms with van der Waals surface area (Å²) in [5.41, 5.74) is 4.51. The Morgan fingerprint density at radius 3 is 2.39 bits per heavy atom. The van der Waals surface area contributed by atoms with Gasteiger partial charge in [0.1, 0.15) is 16.3 Å². The molecular formula is C26H28N4O2S. The number of fused-ring (bicyclic) bond motifs is 1. The molecule has 0 saturated carbocycles. The maximum absolute atomic E-state index is 12.7. The van der Waals surface area contributed by atoms with Crippen molar-refractivity contribution in [1.29, 1.82) is 0 Å². The first kappa shape index (κ1) is 21.8. The highest BCUT2D eigenvalue weighted by Gasteiger charge is 2.19. The van der Waals surface area contributed by atoms with Gasteiger partial charge in [-0.05, 0) is 53.9 Å². The number of thiophene rings is 1. The predicted molar refractivity (Wildman–Crippen MR) is 134 cm³/mol. The van der Waals surface area contributed by atoms with E-state index in [2.05, 4.69) is 46.0 Å². The fourth-order valence-electron chi connectivity index (χ4n) is 4.31. The minimum absolute atomic E-state index is 0.0575. The number of piperazine rings is 1. The SMILES string of the molecule is COc1ccc(-c2cc3nc(CN4CCN(Cc5ccccc5C)CC4)[nH]c(=O)c3s2)cc1. The molecule has 0 spiro atoms. The lowest BCUT2D eigenvalue weighted by molar-refractivity contribution is 0.120. The van der Waals surface area contributed by atoms with Crippen molar-refractivity contribution >= 4 is 21.6 Å². The van der Waals surface area contributed by atoms with E-state index < -0.39 is 0 Å². The minimum Gasteiger partial charge on any atom is -0.497 e. The van der Waals surface area contributed by atoms with Crippen molar-refractivity contribution in [1.82, 2.24) is 19.8 Å². The van der Waals surface area contributed by atoms with Crippen molar-refractivity contribution < 1.29 is 4.74 Å². The van der Waals surface area contributed by atoms with Crippen LogP contribution < -0.4 is 10.3 Å². The van der Waals surface area contributed by atoms with Gasteiger partial charge < -0.3 is 9.72 Å². The number of aryl methyl sites for hydroxylation is 1. The van der Waals surface area contributed by atoms with Crippen LogP contribution in [0.1, 0.15) is 17.0 Å². The Labute approximate surface area is 197 Å². The van der Waals surface area contributed by atoms with E-state index >= 15 is 0 Å². The predicted octanol–water partition coefficient (Wildman–Crippen LogP) is 4.29. The molecule has 5 rings (SSSR count). The molecule has 3 heterocycles. The van der Waals surface area contributed by atoms with Gasteiger partial charge in [0.05, 0.1) is 19.2 Å². The molecule has 1 aliphatic heterocycles. The third kappa shape index (κ3) is 4.85. The van der Waals surface area contributed by atoms with E-state index in [9.17, 15) is 4.79 Å². The summed E-state index contributed by atoms with van der Waals surface area (Å²) in [6.07, 6.45) is 0. The van der Waals surface area contributed by atoms with Crippen LogP contribution in [0.15, 0.2) is 59.4 Å². The Hall–Kier alpha value is -3.00. The number of hydrogen-bond donors (Lipinski definition) is 1. The van der Waals surface area contributed by atoms with Crippen molar-refractivity contribution in [3.8, 4) is 16.2 Å². The molecule has 0 unspecified atom stereocenters. The van der Waals surface area contributed by atoms with Crippen LogP contribution in [0.5, 0.6) is 5.75 Å². The fourth-order valence-corrected chi connectivity index (χ4v) is 5.30. The quantitative estimate of drug-likeness (QED) is 0.465. The summed E-state index contributed by atoms with van der Waals surface area (Å²) in [7, 11) is 1.66. The van der Waals surface area contributed by atoms with E-state index in [1.54, 1.807) is 7.11 Å².